The second-order valence-electron chi connectivity index (χ2n) is 5.85. The monoisotopic (exact) mass is 313 g/mol. The van der Waals surface area contributed by atoms with E-state index in [-0.39, 0.29) is 12.8 Å². The van der Waals surface area contributed by atoms with E-state index in [0.717, 1.165) is 0 Å². The number of nitrogens with one attached hydrogen (secondary N) is 1. The number of carboxylic acids is 1. The van der Waals surface area contributed by atoms with E-state index in [2.05, 4.69) is 10.1 Å². The third kappa shape index (κ3) is 7.10. The molecule has 0 aromatic carbocycles. The third-order valence-corrected chi connectivity index (χ3v) is 2.85. The number of carbonyl (C=O) groups is 3. The number of hydrogen-bond donors (Lipinski definition) is 2. The molecule has 22 heavy (non-hydrogen) atoms. The zero-order valence-corrected chi connectivity index (χ0v) is 13.3. The van der Waals surface area contributed by atoms with Crippen molar-refractivity contribution in [3.8, 4) is 0 Å². The molecule has 0 radical (unpaired) electrons. The van der Waals surface area contributed by atoms with Crippen LogP contribution in [0.2, 0.25) is 0 Å². The van der Waals surface area contributed by atoms with Crippen LogP contribution in [0.5, 0.6) is 0 Å². The molecule has 0 aliphatic rings. The number of ketones is 1. The number of amides is 1. The maximum absolute atomic E-state index is 12.2. The van der Waals surface area contributed by atoms with Gasteiger partial charge in [-0.15, -0.1) is 0 Å². The molecule has 0 heterocycles. The predicted molar refractivity (Wildman–Crippen MR) is 78.4 cm³/mol. The van der Waals surface area contributed by atoms with Crippen molar-refractivity contribution < 1.29 is 29.0 Å². The van der Waals surface area contributed by atoms with Gasteiger partial charge in [-0.1, -0.05) is 20.8 Å². The first kappa shape index (κ1) is 19.9. The molecule has 124 valence electrons. The minimum atomic E-state index is -1.24. The fourth-order valence-corrected chi connectivity index (χ4v) is 1.81. The summed E-state index contributed by atoms with van der Waals surface area (Å²) < 4.78 is 5.39. The van der Waals surface area contributed by atoms with E-state index in [1.54, 1.807) is 6.92 Å². The first-order valence-corrected chi connectivity index (χ1v) is 6.98. The molecule has 0 fully saturated rings. The highest BCUT2D eigenvalue weighted by Crippen LogP contribution is 2.22. The molecule has 2 atom stereocenters. The van der Waals surface area contributed by atoms with E-state index in [9.17, 15) is 14.4 Å². The minimum absolute atomic E-state index is 0.102. The Hall–Kier alpha value is -2.05. The summed E-state index contributed by atoms with van der Waals surface area (Å²) in [6.45, 7) is 7.49. The Balaban J connectivity index is 4.86. The van der Waals surface area contributed by atoms with Gasteiger partial charge in [0.05, 0.1) is 0 Å². The Morgan fingerprint density at radius 1 is 1.36 bits per heavy atom. The topological polar surface area (TPSA) is 129 Å². The van der Waals surface area contributed by atoms with E-state index < -0.39 is 35.2 Å². The van der Waals surface area contributed by atoms with Gasteiger partial charge in [0, 0.05) is 13.0 Å². The molecule has 0 aromatic heterocycles. The molecule has 0 saturated heterocycles. The average Bonchev–Trinajstić information content (AvgIpc) is 2.39. The molecule has 0 aliphatic carbocycles. The van der Waals surface area contributed by atoms with Gasteiger partial charge in [0.25, 0.3) is 0 Å². The Morgan fingerprint density at radius 2 is 1.95 bits per heavy atom. The number of hydrogen-bond acceptors (Lipinski definition) is 4. The first-order valence-electron chi connectivity index (χ1n) is 6.98. The van der Waals surface area contributed by atoms with E-state index in [4.69, 9.17) is 15.4 Å². The van der Waals surface area contributed by atoms with Gasteiger partial charge < -0.3 is 20.7 Å². The van der Waals surface area contributed by atoms with Crippen LogP contribution >= 0.6 is 0 Å². The van der Waals surface area contributed by atoms with Crippen molar-refractivity contribution in [1.82, 2.24) is 5.32 Å². The van der Waals surface area contributed by atoms with Crippen LogP contribution in [0.1, 0.15) is 40.5 Å². The molecule has 1 amide bonds. The van der Waals surface area contributed by atoms with Crippen molar-refractivity contribution in [1.29, 1.82) is 0 Å². The molecule has 0 spiro atoms. The summed E-state index contributed by atoms with van der Waals surface area (Å²) in [4.78, 5) is 37.2. The molecule has 0 aromatic rings. The molecule has 0 saturated carbocycles. The quantitative estimate of drug-likeness (QED) is 0.367. The molecular formula is C14H23N3O5. The molecule has 2 N–H and O–H groups in total. The highest BCUT2D eigenvalue weighted by Gasteiger charge is 2.34. The maximum Gasteiger partial charge on any atom is 0.326 e. The van der Waals surface area contributed by atoms with Crippen LogP contribution in [0.15, 0.2) is 0 Å². The SMILES string of the molecule is CCOC(C(=O)NC(CCC(=O)C=[N+]=[N-])C(=O)O)C(C)(C)C. The van der Waals surface area contributed by atoms with Gasteiger partial charge in [-0.25, -0.2) is 4.79 Å². The number of carbonyl (C=O) groups excluding carboxylic acids is 2. The van der Waals surface area contributed by atoms with Gasteiger partial charge in [0.15, 0.2) is 0 Å². The summed E-state index contributed by atoms with van der Waals surface area (Å²) >= 11 is 0. The molecule has 0 bridgehead atoms. The van der Waals surface area contributed by atoms with E-state index in [1.807, 2.05) is 20.8 Å². The smallest absolute Gasteiger partial charge is 0.326 e. The fourth-order valence-electron chi connectivity index (χ4n) is 1.81. The lowest BCUT2D eigenvalue weighted by Crippen LogP contribution is -2.50. The van der Waals surface area contributed by atoms with Gasteiger partial charge in [-0.2, -0.15) is 4.79 Å². The normalized spacial score (nSPS) is 13.6. The molecule has 0 aliphatic heterocycles. The van der Waals surface area contributed by atoms with Crippen LogP contribution in [0.4, 0.5) is 0 Å². The summed E-state index contributed by atoms with van der Waals surface area (Å²) in [6.07, 6.45) is -0.363. The van der Waals surface area contributed by atoms with Crippen molar-refractivity contribution in [2.24, 2.45) is 5.41 Å². The Labute approximate surface area is 129 Å². The van der Waals surface area contributed by atoms with Crippen molar-refractivity contribution in [2.45, 2.75) is 52.7 Å². The lowest BCUT2D eigenvalue weighted by atomic mass is 9.88. The summed E-state index contributed by atoms with van der Waals surface area (Å²) in [5, 5.41) is 11.5. The Kier molecular flexibility index (Phi) is 8.22. The molecule has 0 rings (SSSR count). The summed E-state index contributed by atoms with van der Waals surface area (Å²) in [7, 11) is 0. The van der Waals surface area contributed by atoms with Crippen LogP contribution < -0.4 is 5.32 Å². The van der Waals surface area contributed by atoms with Crippen LogP contribution in [-0.2, 0) is 19.1 Å². The van der Waals surface area contributed by atoms with Crippen LogP contribution in [0.25, 0.3) is 5.53 Å². The van der Waals surface area contributed by atoms with Crippen molar-refractivity contribution >= 4 is 23.9 Å². The summed E-state index contributed by atoms with van der Waals surface area (Å²) in [6, 6.07) is -1.21. The van der Waals surface area contributed by atoms with Crippen LogP contribution in [-0.4, -0.2) is 52.5 Å². The maximum atomic E-state index is 12.2. The minimum Gasteiger partial charge on any atom is -0.480 e. The molecule has 8 nitrogen and oxygen atoms in total. The summed E-state index contributed by atoms with van der Waals surface area (Å²) in [5.74, 6) is -2.31. The number of Topliss-reactive ketones (excluding diaryl/α,β-unsaturated/α-hetero) is 1. The number of rotatable bonds is 9. The van der Waals surface area contributed by atoms with Crippen molar-refractivity contribution in [2.75, 3.05) is 6.61 Å². The second-order valence-corrected chi connectivity index (χ2v) is 5.85. The Bertz CT molecular complexity index is 464. The number of aliphatic carboxylic acids is 1. The van der Waals surface area contributed by atoms with E-state index in [0.29, 0.717) is 12.8 Å². The molecular weight excluding hydrogens is 290 g/mol. The molecule has 2 unspecified atom stereocenters. The third-order valence-electron chi connectivity index (χ3n) is 2.85. The average molecular weight is 313 g/mol. The Morgan fingerprint density at radius 3 is 2.36 bits per heavy atom. The highest BCUT2D eigenvalue weighted by molar-refractivity contribution is 6.25. The molecule has 8 heteroatoms. The van der Waals surface area contributed by atoms with Gasteiger partial charge >= 0.3 is 12.2 Å². The standard InChI is InChI=1S/C14H23N3O5/c1-5-22-11(14(2,3)4)12(19)17-10(13(20)21)7-6-9(18)8-16-15/h8,10-11H,5-7H2,1-4H3,(H,17,19)(H,20,21). The van der Waals surface area contributed by atoms with Crippen LogP contribution in [0, 0.1) is 5.41 Å². The van der Waals surface area contributed by atoms with Gasteiger partial charge in [-0.05, 0) is 18.8 Å². The second kappa shape index (κ2) is 9.07. The zero-order valence-electron chi connectivity index (χ0n) is 13.3. The van der Waals surface area contributed by atoms with Gasteiger partial charge in [0.1, 0.15) is 12.1 Å². The first-order chi connectivity index (χ1) is 10.1. The number of nitrogens with zero attached hydrogens (tertiary/aromatic N) is 2. The number of ether oxygens (including phenoxy) is 1. The summed E-state index contributed by atoms with van der Waals surface area (Å²) in [5.41, 5.74) is 7.73. The lowest BCUT2D eigenvalue weighted by Gasteiger charge is -2.30. The largest absolute Gasteiger partial charge is 0.480 e. The predicted octanol–water partition coefficient (Wildman–Crippen LogP) is 0.657. The fraction of sp³-hybridized carbons (Fsp3) is 0.714. The van der Waals surface area contributed by atoms with E-state index >= 15 is 0 Å². The van der Waals surface area contributed by atoms with Gasteiger partial charge in [0.2, 0.25) is 11.7 Å². The highest BCUT2D eigenvalue weighted by atomic mass is 16.5. The lowest BCUT2D eigenvalue weighted by molar-refractivity contribution is -0.147. The van der Waals surface area contributed by atoms with Crippen molar-refractivity contribution in [3.63, 3.8) is 0 Å². The zero-order chi connectivity index (χ0) is 17.3. The van der Waals surface area contributed by atoms with Crippen LogP contribution in [0.3, 0.4) is 0 Å². The van der Waals surface area contributed by atoms with Gasteiger partial charge in [-0.3, -0.25) is 9.59 Å². The number of carboxylic acid groups (broad SMARTS) is 1. The van der Waals surface area contributed by atoms with Crippen molar-refractivity contribution in [3.05, 3.63) is 5.53 Å². The van der Waals surface area contributed by atoms with E-state index in [1.165, 1.54) is 0 Å².